The lowest BCUT2D eigenvalue weighted by Gasteiger charge is -2.40. The van der Waals surface area contributed by atoms with E-state index in [2.05, 4.69) is 79.8 Å². The summed E-state index contributed by atoms with van der Waals surface area (Å²) in [6.45, 7) is 7.11. The number of benzene rings is 1. The van der Waals surface area contributed by atoms with Crippen molar-refractivity contribution < 1.29 is 0 Å². The second kappa shape index (κ2) is 3.96. The van der Waals surface area contributed by atoms with Gasteiger partial charge in [0, 0.05) is 8.84 Å². The van der Waals surface area contributed by atoms with Crippen LogP contribution in [0.3, 0.4) is 0 Å². The highest BCUT2D eigenvalue weighted by Crippen LogP contribution is 2.57. The summed E-state index contributed by atoms with van der Waals surface area (Å²) < 4.78 is 0.208. The van der Waals surface area contributed by atoms with Crippen LogP contribution in [0.4, 0.5) is 0 Å². The third-order valence-corrected chi connectivity index (χ3v) is 5.77. The van der Waals surface area contributed by atoms with Crippen LogP contribution in [0.1, 0.15) is 44.7 Å². The molecular weight excluding hydrogens is 331 g/mol. The smallest absolute Gasteiger partial charge is 0.0323 e. The molecule has 2 aliphatic carbocycles. The van der Waals surface area contributed by atoms with Gasteiger partial charge in [0.15, 0.2) is 0 Å². The second-order valence-corrected chi connectivity index (χ2v) is 8.67. The van der Waals surface area contributed by atoms with Crippen molar-refractivity contribution in [2.75, 3.05) is 0 Å². The summed E-state index contributed by atoms with van der Waals surface area (Å²) in [4.78, 5) is 0. The fourth-order valence-electron chi connectivity index (χ4n) is 3.38. The monoisotopic (exact) mass is 350 g/mol. The molecule has 0 heterocycles. The highest BCUT2D eigenvalue weighted by atomic mass is 127. The number of halogens is 1. The summed E-state index contributed by atoms with van der Waals surface area (Å²) in [5, 5.41) is 0. The van der Waals surface area contributed by atoms with Gasteiger partial charge in [0.25, 0.3) is 0 Å². The van der Waals surface area contributed by atoms with Crippen molar-refractivity contribution in [3.8, 4) is 0 Å². The van der Waals surface area contributed by atoms with Gasteiger partial charge >= 0.3 is 0 Å². The van der Waals surface area contributed by atoms with E-state index in [0.29, 0.717) is 0 Å². The Kier molecular flexibility index (Phi) is 2.74. The van der Waals surface area contributed by atoms with E-state index in [1.54, 1.807) is 11.1 Å². The number of fused-ring (bicyclic) bond motifs is 2. The van der Waals surface area contributed by atoms with Gasteiger partial charge in [-0.15, -0.1) is 0 Å². The molecular formula is C17H19I. The Morgan fingerprint density at radius 1 is 1.22 bits per heavy atom. The molecule has 0 spiro atoms. The van der Waals surface area contributed by atoms with E-state index in [9.17, 15) is 0 Å². The molecule has 1 heteroatoms. The zero-order valence-corrected chi connectivity index (χ0v) is 13.4. The minimum Gasteiger partial charge on any atom is -0.0839 e. The van der Waals surface area contributed by atoms with Crippen molar-refractivity contribution in [1.29, 1.82) is 0 Å². The van der Waals surface area contributed by atoms with E-state index < -0.39 is 0 Å². The third kappa shape index (κ3) is 1.49. The van der Waals surface area contributed by atoms with Gasteiger partial charge in [-0.1, -0.05) is 65.9 Å². The molecule has 18 heavy (non-hydrogen) atoms. The van der Waals surface area contributed by atoms with Gasteiger partial charge in [-0.2, -0.15) is 0 Å². The number of allylic oxidation sites excluding steroid dienone is 4. The summed E-state index contributed by atoms with van der Waals surface area (Å²) in [5.41, 5.74) is 6.27. The van der Waals surface area contributed by atoms with Gasteiger partial charge in [-0.05, 0) is 49.0 Å². The minimum atomic E-state index is 0.135. The van der Waals surface area contributed by atoms with Crippen LogP contribution < -0.4 is 0 Å². The van der Waals surface area contributed by atoms with E-state index in [0.717, 1.165) is 0 Å². The highest BCUT2D eigenvalue weighted by molar-refractivity contribution is 14.1. The Balaban J connectivity index is 2.32. The summed E-state index contributed by atoms with van der Waals surface area (Å²) in [7, 11) is 0. The maximum Gasteiger partial charge on any atom is 0.0323 e. The van der Waals surface area contributed by atoms with Gasteiger partial charge in [-0.3, -0.25) is 0 Å². The van der Waals surface area contributed by atoms with Gasteiger partial charge in [0.05, 0.1) is 0 Å². The van der Waals surface area contributed by atoms with Crippen LogP contribution in [0, 0.1) is 0 Å². The normalized spacial score (nSPS) is 26.2. The fraction of sp³-hybridized carbons (Fsp3) is 0.412. The maximum absolute atomic E-state index is 2.61. The predicted molar refractivity (Wildman–Crippen MR) is 87.2 cm³/mol. The van der Waals surface area contributed by atoms with Crippen LogP contribution in [-0.2, 0) is 5.41 Å². The zero-order valence-electron chi connectivity index (χ0n) is 11.3. The van der Waals surface area contributed by atoms with E-state index >= 15 is 0 Å². The lowest BCUT2D eigenvalue weighted by molar-refractivity contribution is 0.474. The topological polar surface area (TPSA) is 0 Å². The van der Waals surface area contributed by atoms with Gasteiger partial charge in [-0.25, -0.2) is 0 Å². The Labute approximate surface area is 123 Å². The SMILES string of the molecule is CC(C)(I)C1(C)C2=C(CCC=C2)c2ccccc21. The van der Waals surface area contributed by atoms with Crippen LogP contribution in [0.2, 0.25) is 0 Å². The van der Waals surface area contributed by atoms with Crippen molar-refractivity contribution in [3.63, 3.8) is 0 Å². The molecule has 94 valence electrons. The molecule has 1 unspecified atom stereocenters. The molecule has 0 amide bonds. The zero-order chi connectivity index (χ0) is 13.0. The van der Waals surface area contributed by atoms with Crippen LogP contribution in [0.5, 0.6) is 0 Å². The first-order chi connectivity index (χ1) is 8.46. The first kappa shape index (κ1) is 12.5. The molecule has 0 radical (unpaired) electrons. The van der Waals surface area contributed by atoms with Crippen LogP contribution >= 0.6 is 22.6 Å². The molecule has 0 nitrogen and oxygen atoms in total. The number of hydrogen-bond donors (Lipinski definition) is 0. The molecule has 1 aromatic carbocycles. The van der Waals surface area contributed by atoms with Crippen LogP contribution in [-0.4, -0.2) is 3.42 Å². The third-order valence-electron chi connectivity index (χ3n) is 4.69. The largest absolute Gasteiger partial charge is 0.0839 e. The van der Waals surface area contributed by atoms with Crippen LogP contribution in [0.25, 0.3) is 5.57 Å². The molecule has 1 atom stereocenters. The summed E-state index contributed by atoms with van der Waals surface area (Å²) in [6.07, 6.45) is 7.10. The summed E-state index contributed by atoms with van der Waals surface area (Å²) in [5.74, 6) is 0. The molecule has 1 aromatic rings. The first-order valence-electron chi connectivity index (χ1n) is 6.65. The molecule has 0 saturated heterocycles. The van der Waals surface area contributed by atoms with E-state index in [1.807, 2.05) is 0 Å². The summed E-state index contributed by atoms with van der Waals surface area (Å²) >= 11 is 2.61. The molecule has 0 fully saturated rings. The predicted octanol–water partition coefficient (Wildman–Crippen LogP) is 5.28. The average Bonchev–Trinajstić information content (AvgIpc) is 2.62. The van der Waals surface area contributed by atoms with Crippen molar-refractivity contribution in [2.45, 2.75) is 42.4 Å². The maximum atomic E-state index is 2.61. The number of rotatable bonds is 1. The lowest BCUT2D eigenvalue weighted by Crippen LogP contribution is -2.40. The molecule has 0 N–H and O–H groups in total. The molecule has 2 aliphatic rings. The first-order valence-corrected chi connectivity index (χ1v) is 7.73. The molecule has 0 aliphatic heterocycles. The molecule has 0 saturated carbocycles. The minimum absolute atomic E-state index is 0.135. The molecule has 3 rings (SSSR count). The van der Waals surface area contributed by atoms with E-state index in [-0.39, 0.29) is 8.84 Å². The lowest BCUT2D eigenvalue weighted by atomic mass is 9.70. The van der Waals surface area contributed by atoms with Gasteiger partial charge in [0.2, 0.25) is 0 Å². The van der Waals surface area contributed by atoms with E-state index in [1.165, 1.54) is 24.0 Å². The van der Waals surface area contributed by atoms with Gasteiger partial charge < -0.3 is 0 Å². The van der Waals surface area contributed by atoms with Crippen molar-refractivity contribution in [3.05, 3.63) is 53.1 Å². The van der Waals surface area contributed by atoms with E-state index in [4.69, 9.17) is 0 Å². The van der Waals surface area contributed by atoms with Gasteiger partial charge in [0.1, 0.15) is 0 Å². The Morgan fingerprint density at radius 3 is 2.67 bits per heavy atom. The fourth-order valence-corrected chi connectivity index (χ4v) is 3.96. The Bertz CT molecular complexity index is 557. The Hall–Kier alpha value is -0.570. The standard InChI is InChI=1S/C17H19I/c1-16(2,18)17(3)14-10-6-4-8-12(14)13-9-5-7-11-15(13)17/h4,6-8,10-11H,5,9H2,1-3H3. The quantitative estimate of drug-likeness (QED) is 0.478. The second-order valence-electron chi connectivity index (χ2n) is 5.98. The van der Waals surface area contributed by atoms with Crippen molar-refractivity contribution in [1.82, 2.24) is 0 Å². The molecule has 0 bridgehead atoms. The van der Waals surface area contributed by atoms with Crippen LogP contribution in [0.15, 0.2) is 42.0 Å². The molecule has 0 aromatic heterocycles. The van der Waals surface area contributed by atoms with Crippen molar-refractivity contribution >= 4 is 28.2 Å². The number of alkyl halides is 1. The van der Waals surface area contributed by atoms with Crippen molar-refractivity contribution in [2.24, 2.45) is 0 Å². The highest BCUT2D eigenvalue weighted by Gasteiger charge is 2.49. The summed E-state index contributed by atoms with van der Waals surface area (Å²) in [6, 6.07) is 8.98. The average molecular weight is 350 g/mol. The Morgan fingerprint density at radius 2 is 1.94 bits per heavy atom. The number of hydrogen-bond acceptors (Lipinski definition) is 0.